The summed E-state index contributed by atoms with van der Waals surface area (Å²) in [5, 5.41) is 2.87. The first-order chi connectivity index (χ1) is 10.8. The highest BCUT2D eigenvalue weighted by atomic mass is 19.4. The van der Waals surface area contributed by atoms with E-state index in [1.54, 1.807) is 24.3 Å². The number of rotatable bonds is 9. The van der Waals surface area contributed by atoms with Crippen molar-refractivity contribution in [2.45, 2.75) is 39.2 Å². The van der Waals surface area contributed by atoms with Crippen LogP contribution in [-0.4, -0.2) is 31.5 Å². The first-order valence-electron chi connectivity index (χ1n) is 7.38. The van der Waals surface area contributed by atoms with Crippen molar-refractivity contribution >= 4 is 5.91 Å². The van der Waals surface area contributed by atoms with Gasteiger partial charge in [-0.15, -0.1) is 13.2 Å². The van der Waals surface area contributed by atoms with Crippen molar-refractivity contribution in [3.63, 3.8) is 0 Å². The topological polar surface area (TPSA) is 62.4 Å². The third-order valence-corrected chi connectivity index (χ3v) is 3.12. The lowest BCUT2D eigenvalue weighted by molar-refractivity contribution is -0.323. The molecule has 0 aliphatic heterocycles. The van der Waals surface area contributed by atoms with Crippen LogP contribution >= 0.6 is 0 Å². The molecule has 3 N–H and O–H groups in total. The summed E-state index contributed by atoms with van der Waals surface area (Å²) in [6.07, 6.45) is -3.75. The van der Waals surface area contributed by atoms with Crippen LogP contribution in [0.3, 0.4) is 0 Å². The molecular formula is C15H22F3N3O2. The molecular weight excluding hydrogens is 311 g/mol. The van der Waals surface area contributed by atoms with Crippen molar-refractivity contribution in [3.05, 3.63) is 35.4 Å². The summed E-state index contributed by atoms with van der Waals surface area (Å²) < 4.78 is 38.8. The molecule has 1 unspecified atom stereocenters. The Kier molecular flexibility index (Phi) is 8.01. The van der Waals surface area contributed by atoms with Gasteiger partial charge < -0.3 is 5.32 Å². The van der Waals surface area contributed by atoms with E-state index in [1.807, 2.05) is 13.8 Å². The molecule has 0 aliphatic rings. The van der Waals surface area contributed by atoms with E-state index in [4.69, 9.17) is 0 Å². The Balaban J connectivity index is 2.28. The van der Waals surface area contributed by atoms with Crippen LogP contribution in [0.2, 0.25) is 0 Å². The zero-order chi connectivity index (χ0) is 17.3. The van der Waals surface area contributed by atoms with Crippen molar-refractivity contribution < 1.29 is 22.7 Å². The van der Waals surface area contributed by atoms with Crippen molar-refractivity contribution in [1.82, 2.24) is 16.2 Å². The molecule has 8 heteroatoms. The van der Waals surface area contributed by atoms with Gasteiger partial charge in [-0.25, -0.2) is 0 Å². The monoisotopic (exact) mass is 333 g/mol. The van der Waals surface area contributed by atoms with Gasteiger partial charge >= 0.3 is 6.36 Å². The standard InChI is InChI=1S/C15H22F3N3O2/c1-3-11(2)21-14(22)13-6-4-12(5-7-13)10-20-19-8-9-23-15(16,17)18/h4-7,11,19-20H,3,8-10H2,1-2H3,(H,21,22). The Morgan fingerprint density at radius 1 is 1.22 bits per heavy atom. The molecule has 23 heavy (non-hydrogen) atoms. The van der Waals surface area contributed by atoms with Crippen molar-refractivity contribution in [2.75, 3.05) is 13.2 Å². The molecule has 0 radical (unpaired) electrons. The predicted molar refractivity (Wildman–Crippen MR) is 80.5 cm³/mol. The maximum absolute atomic E-state index is 11.9. The number of hydrazine groups is 1. The molecule has 1 aromatic carbocycles. The van der Waals surface area contributed by atoms with Crippen molar-refractivity contribution in [3.8, 4) is 0 Å². The van der Waals surface area contributed by atoms with Crippen LogP contribution in [0.15, 0.2) is 24.3 Å². The van der Waals surface area contributed by atoms with Gasteiger partial charge in [-0.1, -0.05) is 19.1 Å². The molecule has 1 atom stereocenters. The highest BCUT2D eigenvalue weighted by Gasteiger charge is 2.28. The summed E-state index contributed by atoms with van der Waals surface area (Å²) >= 11 is 0. The highest BCUT2D eigenvalue weighted by Crippen LogP contribution is 2.15. The average molecular weight is 333 g/mol. The summed E-state index contributed by atoms with van der Waals surface area (Å²) in [6.45, 7) is 3.90. The smallest absolute Gasteiger partial charge is 0.350 e. The molecule has 5 nitrogen and oxygen atoms in total. The van der Waals surface area contributed by atoms with E-state index in [0.717, 1.165) is 12.0 Å². The largest absolute Gasteiger partial charge is 0.522 e. The molecule has 130 valence electrons. The molecule has 0 fully saturated rings. The SMILES string of the molecule is CCC(C)NC(=O)c1ccc(CNNCCOC(F)(F)F)cc1. The summed E-state index contributed by atoms with van der Waals surface area (Å²) in [5.41, 5.74) is 6.87. The predicted octanol–water partition coefficient (Wildman–Crippen LogP) is 2.35. The van der Waals surface area contributed by atoms with E-state index in [-0.39, 0.29) is 18.5 Å². The second-order valence-electron chi connectivity index (χ2n) is 5.05. The Morgan fingerprint density at radius 3 is 2.43 bits per heavy atom. The maximum atomic E-state index is 11.9. The molecule has 0 aliphatic carbocycles. The van der Waals surface area contributed by atoms with Gasteiger partial charge in [0.15, 0.2) is 0 Å². The summed E-state index contributed by atoms with van der Waals surface area (Å²) in [4.78, 5) is 11.9. The van der Waals surface area contributed by atoms with E-state index >= 15 is 0 Å². The van der Waals surface area contributed by atoms with E-state index in [1.165, 1.54) is 0 Å². The Morgan fingerprint density at radius 2 is 1.87 bits per heavy atom. The lowest BCUT2D eigenvalue weighted by atomic mass is 10.1. The number of nitrogens with one attached hydrogen (secondary N) is 3. The number of halogens is 3. The second-order valence-corrected chi connectivity index (χ2v) is 5.05. The minimum Gasteiger partial charge on any atom is -0.350 e. The van der Waals surface area contributed by atoms with Gasteiger partial charge in [-0.2, -0.15) is 0 Å². The van der Waals surface area contributed by atoms with E-state index in [9.17, 15) is 18.0 Å². The van der Waals surface area contributed by atoms with Crippen LogP contribution in [0.1, 0.15) is 36.2 Å². The zero-order valence-electron chi connectivity index (χ0n) is 13.2. The fraction of sp³-hybridized carbons (Fsp3) is 0.533. The minimum atomic E-state index is -4.60. The van der Waals surface area contributed by atoms with Gasteiger partial charge in [0.1, 0.15) is 0 Å². The van der Waals surface area contributed by atoms with Crippen molar-refractivity contribution in [2.24, 2.45) is 0 Å². The van der Waals surface area contributed by atoms with Gasteiger partial charge in [-0.05, 0) is 31.0 Å². The number of amides is 1. The van der Waals surface area contributed by atoms with Crippen LogP contribution in [0.4, 0.5) is 13.2 Å². The first-order valence-corrected chi connectivity index (χ1v) is 7.38. The number of ether oxygens (including phenoxy) is 1. The van der Waals surface area contributed by atoms with Crippen LogP contribution in [0, 0.1) is 0 Å². The number of alkyl halides is 3. The van der Waals surface area contributed by atoms with E-state index in [2.05, 4.69) is 20.9 Å². The fourth-order valence-electron chi connectivity index (χ4n) is 1.65. The average Bonchev–Trinajstić information content (AvgIpc) is 2.50. The maximum Gasteiger partial charge on any atom is 0.522 e. The lowest BCUT2D eigenvalue weighted by Crippen LogP contribution is -2.35. The molecule has 0 heterocycles. The van der Waals surface area contributed by atoms with Crippen LogP contribution in [-0.2, 0) is 11.3 Å². The number of hydrogen-bond donors (Lipinski definition) is 3. The van der Waals surface area contributed by atoms with Crippen LogP contribution in [0.25, 0.3) is 0 Å². The van der Waals surface area contributed by atoms with Gasteiger partial charge in [0.05, 0.1) is 6.61 Å². The Labute approximate surface area is 133 Å². The number of carbonyl (C=O) groups excluding carboxylic acids is 1. The molecule has 0 aromatic heterocycles. The Hall–Kier alpha value is -1.64. The number of hydrogen-bond acceptors (Lipinski definition) is 4. The summed E-state index contributed by atoms with van der Waals surface area (Å²) in [6, 6.07) is 7.11. The Bertz CT molecular complexity index is 478. The van der Waals surface area contributed by atoms with Gasteiger partial charge in [0.2, 0.25) is 0 Å². The van der Waals surface area contributed by atoms with Crippen LogP contribution in [0.5, 0.6) is 0 Å². The molecule has 0 saturated heterocycles. The summed E-state index contributed by atoms with van der Waals surface area (Å²) in [7, 11) is 0. The van der Waals surface area contributed by atoms with Gasteiger partial charge in [0, 0.05) is 24.7 Å². The minimum absolute atomic E-state index is 0.0227. The number of carbonyl (C=O) groups is 1. The molecule has 0 spiro atoms. The van der Waals surface area contributed by atoms with Gasteiger partial charge in [-0.3, -0.25) is 20.4 Å². The third-order valence-electron chi connectivity index (χ3n) is 3.12. The molecule has 0 saturated carbocycles. The number of benzene rings is 1. The third kappa shape index (κ3) is 8.53. The molecule has 1 rings (SSSR count). The van der Waals surface area contributed by atoms with E-state index < -0.39 is 13.0 Å². The van der Waals surface area contributed by atoms with Crippen molar-refractivity contribution in [1.29, 1.82) is 0 Å². The van der Waals surface area contributed by atoms with Crippen LogP contribution < -0.4 is 16.2 Å². The highest BCUT2D eigenvalue weighted by molar-refractivity contribution is 5.94. The normalized spacial score (nSPS) is 12.9. The zero-order valence-corrected chi connectivity index (χ0v) is 13.2. The quantitative estimate of drug-likeness (QED) is 0.479. The van der Waals surface area contributed by atoms with E-state index in [0.29, 0.717) is 12.1 Å². The van der Waals surface area contributed by atoms with Gasteiger partial charge in [0.25, 0.3) is 5.91 Å². The lowest BCUT2D eigenvalue weighted by Gasteiger charge is -2.12. The first kappa shape index (κ1) is 19.4. The molecule has 0 bridgehead atoms. The second kappa shape index (κ2) is 9.49. The fourth-order valence-corrected chi connectivity index (χ4v) is 1.65. The summed E-state index contributed by atoms with van der Waals surface area (Å²) in [5.74, 6) is -0.124. The molecule has 1 amide bonds. The molecule has 1 aromatic rings.